The Bertz CT molecular complexity index is 128. The van der Waals surface area contributed by atoms with Crippen molar-refractivity contribution in [3.63, 3.8) is 0 Å². The van der Waals surface area contributed by atoms with Crippen molar-refractivity contribution in [1.82, 2.24) is 5.32 Å². The van der Waals surface area contributed by atoms with Gasteiger partial charge in [-0.15, -0.1) is 0 Å². The fourth-order valence-corrected chi connectivity index (χ4v) is 0.987. The first-order chi connectivity index (χ1) is 5.43. The van der Waals surface area contributed by atoms with Crippen molar-refractivity contribution in [3.8, 4) is 0 Å². The van der Waals surface area contributed by atoms with Crippen LogP contribution in [0.15, 0.2) is 5.16 Å². The molecule has 0 amide bonds. The highest BCUT2D eigenvalue weighted by molar-refractivity contribution is 5.86. The van der Waals surface area contributed by atoms with Crippen LogP contribution in [0.5, 0.6) is 0 Å². The van der Waals surface area contributed by atoms with Gasteiger partial charge in [-0.1, -0.05) is 5.16 Å². The summed E-state index contributed by atoms with van der Waals surface area (Å²) in [5.74, 6) is 0. The van der Waals surface area contributed by atoms with E-state index in [2.05, 4.69) is 15.2 Å². The minimum atomic E-state index is 0.240. The highest BCUT2D eigenvalue weighted by atomic mass is 16.7. The fourth-order valence-electron chi connectivity index (χ4n) is 0.987. The molecule has 0 radical (unpaired) electrons. The first-order valence-electron chi connectivity index (χ1n) is 3.81. The first kappa shape index (κ1) is 8.49. The minimum Gasteiger partial charge on any atom is -0.367 e. The Morgan fingerprint density at radius 2 is 2.55 bits per heavy atom. The molecule has 0 unspecified atom stereocenters. The largest absolute Gasteiger partial charge is 0.367 e. The first-order valence-corrected chi connectivity index (χ1v) is 3.81. The van der Waals surface area contributed by atoms with Gasteiger partial charge in [0.2, 0.25) is 6.79 Å². The molecule has 0 aromatic heterocycles. The summed E-state index contributed by atoms with van der Waals surface area (Å²) < 4.78 is 4.68. The van der Waals surface area contributed by atoms with Crippen molar-refractivity contribution in [1.29, 1.82) is 0 Å². The van der Waals surface area contributed by atoms with E-state index in [4.69, 9.17) is 4.84 Å². The Hall–Kier alpha value is -0.610. The molecule has 11 heavy (non-hydrogen) atoms. The zero-order chi connectivity index (χ0) is 7.94. The normalized spacial score (nSPS) is 22.1. The molecule has 1 saturated heterocycles. The summed E-state index contributed by atoms with van der Waals surface area (Å²) in [5.41, 5.74) is 1.08. The third-order valence-corrected chi connectivity index (χ3v) is 1.51. The average molecular weight is 158 g/mol. The van der Waals surface area contributed by atoms with Crippen molar-refractivity contribution in [3.05, 3.63) is 0 Å². The van der Waals surface area contributed by atoms with E-state index < -0.39 is 0 Å². The van der Waals surface area contributed by atoms with Crippen molar-refractivity contribution < 1.29 is 9.57 Å². The maximum atomic E-state index is 4.85. The molecule has 1 rings (SSSR count). The molecule has 1 aliphatic rings. The molecule has 1 N–H and O–H groups in total. The standard InChI is InChI=1S/C7H14N2O2/c1-10-6-11-9-7-3-2-4-8-5-7/h8H,2-6H2,1H3. The van der Waals surface area contributed by atoms with E-state index in [0.29, 0.717) is 0 Å². The van der Waals surface area contributed by atoms with Crippen molar-refractivity contribution >= 4 is 5.71 Å². The molecule has 0 bridgehead atoms. The third-order valence-electron chi connectivity index (χ3n) is 1.51. The lowest BCUT2D eigenvalue weighted by atomic mass is 10.1. The molecule has 4 heteroatoms. The number of nitrogens with one attached hydrogen (secondary N) is 1. The maximum absolute atomic E-state index is 4.85. The SMILES string of the molecule is COCON=C1CCCNC1. The molecule has 0 atom stereocenters. The second-order valence-electron chi connectivity index (χ2n) is 2.47. The molecule has 0 aliphatic carbocycles. The van der Waals surface area contributed by atoms with Crippen LogP contribution in [0, 0.1) is 0 Å². The number of ether oxygens (including phenoxy) is 1. The summed E-state index contributed by atoms with van der Waals surface area (Å²) in [6, 6.07) is 0. The summed E-state index contributed by atoms with van der Waals surface area (Å²) in [7, 11) is 1.58. The van der Waals surface area contributed by atoms with Crippen molar-refractivity contribution in [2.24, 2.45) is 5.16 Å². The Balaban J connectivity index is 2.15. The van der Waals surface area contributed by atoms with Gasteiger partial charge in [0.25, 0.3) is 0 Å². The highest BCUT2D eigenvalue weighted by Crippen LogP contribution is 1.97. The number of rotatable bonds is 3. The van der Waals surface area contributed by atoms with Crippen molar-refractivity contribution in [2.45, 2.75) is 12.8 Å². The van der Waals surface area contributed by atoms with E-state index in [1.54, 1.807) is 7.11 Å². The lowest BCUT2D eigenvalue weighted by Gasteiger charge is -2.12. The van der Waals surface area contributed by atoms with Gasteiger partial charge in [-0.2, -0.15) is 0 Å². The van der Waals surface area contributed by atoms with Crippen LogP contribution in [0.25, 0.3) is 0 Å². The molecule has 1 aliphatic heterocycles. The van der Waals surface area contributed by atoms with Gasteiger partial charge in [0, 0.05) is 13.7 Å². The van der Waals surface area contributed by atoms with Gasteiger partial charge < -0.3 is 14.9 Å². The predicted octanol–water partition coefficient (Wildman–Crippen LogP) is 0.346. The van der Waals surface area contributed by atoms with Gasteiger partial charge in [-0.05, 0) is 19.4 Å². The number of nitrogens with zero attached hydrogens (tertiary/aromatic N) is 1. The van der Waals surface area contributed by atoms with Crippen LogP contribution in [0.1, 0.15) is 12.8 Å². The molecule has 1 heterocycles. The zero-order valence-corrected chi connectivity index (χ0v) is 6.80. The monoisotopic (exact) mass is 158 g/mol. The minimum absolute atomic E-state index is 0.240. The van der Waals surface area contributed by atoms with Crippen LogP contribution < -0.4 is 5.32 Å². The molecule has 0 aromatic rings. The third kappa shape index (κ3) is 3.34. The number of methoxy groups -OCH3 is 1. The van der Waals surface area contributed by atoms with Crippen LogP contribution in [0.3, 0.4) is 0 Å². The number of hydrogen-bond donors (Lipinski definition) is 1. The molecular formula is C7H14N2O2. The van der Waals surface area contributed by atoms with Gasteiger partial charge in [-0.3, -0.25) is 0 Å². The van der Waals surface area contributed by atoms with Gasteiger partial charge in [-0.25, -0.2) is 0 Å². The summed E-state index contributed by atoms with van der Waals surface area (Å²) >= 11 is 0. The Kier molecular flexibility index (Phi) is 3.93. The fraction of sp³-hybridized carbons (Fsp3) is 0.857. The van der Waals surface area contributed by atoms with Gasteiger partial charge >= 0.3 is 0 Å². The summed E-state index contributed by atoms with van der Waals surface area (Å²) in [6.45, 7) is 2.18. The second kappa shape index (κ2) is 5.09. The predicted molar refractivity (Wildman–Crippen MR) is 42.5 cm³/mol. The van der Waals surface area contributed by atoms with Crippen molar-refractivity contribution in [2.75, 3.05) is 27.0 Å². The van der Waals surface area contributed by atoms with E-state index in [0.717, 1.165) is 31.6 Å². The Morgan fingerprint density at radius 3 is 3.18 bits per heavy atom. The van der Waals surface area contributed by atoms with Gasteiger partial charge in [0.15, 0.2) is 0 Å². The number of oxime groups is 1. The molecule has 1 fully saturated rings. The van der Waals surface area contributed by atoms with Crippen LogP contribution in [-0.4, -0.2) is 32.7 Å². The van der Waals surface area contributed by atoms with E-state index in [1.165, 1.54) is 0 Å². The summed E-state index contributed by atoms with van der Waals surface area (Å²) in [4.78, 5) is 4.85. The van der Waals surface area contributed by atoms with Crippen LogP contribution >= 0.6 is 0 Å². The quantitative estimate of drug-likeness (QED) is 0.366. The molecule has 0 spiro atoms. The lowest BCUT2D eigenvalue weighted by Crippen LogP contribution is -2.30. The smallest absolute Gasteiger partial charge is 0.216 e. The van der Waals surface area contributed by atoms with E-state index in [9.17, 15) is 0 Å². The van der Waals surface area contributed by atoms with E-state index in [1.807, 2.05) is 0 Å². The van der Waals surface area contributed by atoms with Gasteiger partial charge in [0.05, 0.1) is 5.71 Å². The molecule has 0 aromatic carbocycles. The molecule has 64 valence electrons. The molecular weight excluding hydrogens is 144 g/mol. The van der Waals surface area contributed by atoms with Crippen LogP contribution in [0.4, 0.5) is 0 Å². The Labute approximate surface area is 66.5 Å². The lowest BCUT2D eigenvalue weighted by molar-refractivity contribution is -0.0287. The van der Waals surface area contributed by atoms with E-state index >= 15 is 0 Å². The number of piperidine rings is 1. The van der Waals surface area contributed by atoms with Crippen LogP contribution in [0.2, 0.25) is 0 Å². The zero-order valence-electron chi connectivity index (χ0n) is 6.80. The summed E-state index contributed by atoms with van der Waals surface area (Å²) in [5, 5.41) is 7.11. The highest BCUT2D eigenvalue weighted by Gasteiger charge is 2.05. The maximum Gasteiger partial charge on any atom is 0.216 e. The van der Waals surface area contributed by atoms with Gasteiger partial charge in [0.1, 0.15) is 0 Å². The topological polar surface area (TPSA) is 42.9 Å². The average Bonchev–Trinajstić information content (AvgIpc) is 2.07. The molecule has 4 nitrogen and oxygen atoms in total. The van der Waals surface area contributed by atoms with Crippen LogP contribution in [-0.2, 0) is 9.57 Å². The Morgan fingerprint density at radius 1 is 1.64 bits per heavy atom. The molecule has 0 saturated carbocycles. The summed E-state index contributed by atoms with van der Waals surface area (Å²) in [6.07, 6.45) is 2.19. The van der Waals surface area contributed by atoms with E-state index in [-0.39, 0.29) is 6.79 Å². The second-order valence-corrected chi connectivity index (χ2v) is 2.47. The number of hydrogen-bond acceptors (Lipinski definition) is 4.